The van der Waals surface area contributed by atoms with E-state index in [1.54, 1.807) is 0 Å². The zero-order chi connectivity index (χ0) is 23.4. The lowest BCUT2D eigenvalue weighted by Crippen LogP contribution is -2.61. The van der Waals surface area contributed by atoms with Gasteiger partial charge in [0.1, 0.15) is 12.8 Å². The van der Waals surface area contributed by atoms with Crippen LogP contribution in [0.3, 0.4) is 0 Å². The molecule has 0 spiro atoms. The van der Waals surface area contributed by atoms with E-state index >= 15 is 0 Å². The van der Waals surface area contributed by atoms with Crippen molar-refractivity contribution in [3.8, 4) is 0 Å². The van der Waals surface area contributed by atoms with Gasteiger partial charge in [0.2, 0.25) is 5.91 Å². The Morgan fingerprint density at radius 2 is 1.97 bits per heavy atom. The maximum atomic E-state index is 13.0. The van der Waals surface area contributed by atoms with E-state index in [9.17, 15) is 4.79 Å². The molecular weight excluding hydrogens is 436 g/mol. The zero-order valence-electron chi connectivity index (χ0n) is 19.3. The van der Waals surface area contributed by atoms with Gasteiger partial charge in [0, 0.05) is 29.9 Å². The van der Waals surface area contributed by atoms with Crippen LogP contribution in [0.1, 0.15) is 31.4 Å². The second-order valence-corrected chi connectivity index (χ2v) is 9.53. The Balaban J connectivity index is 1.66. The highest BCUT2D eigenvalue weighted by Gasteiger charge is 2.41. The van der Waals surface area contributed by atoms with Gasteiger partial charge in [-0.15, -0.1) is 0 Å². The standard InChI is InChI=1S/C26H33ClN4O2/c1-18(2)25(31-15-22(11-12-28)33-17-24(31)32)26-29-23(20-9-6-10-21(27)13-20)16-30(26)14-19-7-4-3-5-8-19/h3-10,13,16,18,22,25-26,29H,11-12,14-15,17,28H2,1-2H3. The molecule has 4 rings (SSSR count). The second kappa shape index (κ2) is 10.6. The maximum Gasteiger partial charge on any atom is 0.249 e. The lowest BCUT2D eigenvalue weighted by molar-refractivity contribution is -0.156. The molecule has 176 valence electrons. The molecule has 1 saturated heterocycles. The first-order chi connectivity index (χ1) is 16.0. The number of carbonyl (C=O) groups excluding carboxylic acids is 1. The highest BCUT2D eigenvalue weighted by atomic mass is 35.5. The van der Waals surface area contributed by atoms with E-state index in [2.05, 4.69) is 60.6 Å². The Labute approximate surface area is 201 Å². The first-order valence-corrected chi connectivity index (χ1v) is 12.0. The largest absolute Gasteiger partial charge is 0.367 e. The molecular formula is C26H33ClN4O2. The molecule has 2 aliphatic heterocycles. The number of morpholine rings is 1. The molecule has 0 aromatic heterocycles. The van der Waals surface area contributed by atoms with Crippen LogP contribution in [0.15, 0.2) is 60.8 Å². The monoisotopic (exact) mass is 468 g/mol. The molecule has 0 saturated carbocycles. The van der Waals surface area contributed by atoms with Crippen LogP contribution in [0.5, 0.6) is 0 Å². The number of rotatable bonds is 8. The van der Waals surface area contributed by atoms with Crippen LogP contribution < -0.4 is 11.1 Å². The molecule has 2 aromatic rings. The molecule has 2 heterocycles. The highest BCUT2D eigenvalue weighted by molar-refractivity contribution is 6.30. The third-order valence-electron chi connectivity index (χ3n) is 6.32. The van der Waals surface area contributed by atoms with Gasteiger partial charge in [-0.1, -0.05) is 67.9 Å². The number of carbonyl (C=O) groups is 1. The second-order valence-electron chi connectivity index (χ2n) is 9.09. The summed E-state index contributed by atoms with van der Waals surface area (Å²) in [6.07, 6.45) is 2.78. The van der Waals surface area contributed by atoms with E-state index in [4.69, 9.17) is 22.1 Å². The van der Waals surface area contributed by atoms with Gasteiger partial charge >= 0.3 is 0 Å². The fourth-order valence-corrected chi connectivity index (χ4v) is 4.94. The summed E-state index contributed by atoms with van der Waals surface area (Å²) >= 11 is 6.28. The summed E-state index contributed by atoms with van der Waals surface area (Å²) in [5, 5.41) is 4.42. The van der Waals surface area contributed by atoms with Gasteiger partial charge in [0.05, 0.1) is 17.8 Å². The van der Waals surface area contributed by atoms with Crippen LogP contribution in [0.2, 0.25) is 5.02 Å². The predicted octanol–water partition coefficient (Wildman–Crippen LogP) is 3.67. The minimum atomic E-state index is -0.0836. The molecule has 2 aromatic carbocycles. The smallest absolute Gasteiger partial charge is 0.249 e. The Bertz CT molecular complexity index is 981. The van der Waals surface area contributed by atoms with Crippen molar-refractivity contribution in [2.24, 2.45) is 11.7 Å². The number of amides is 1. The fraction of sp³-hybridized carbons (Fsp3) is 0.423. The highest BCUT2D eigenvalue weighted by Crippen LogP contribution is 2.30. The van der Waals surface area contributed by atoms with Gasteiger partial charge < -0.3 is 25.6 Å². The number of nitrogens with zero attached hydrogens (tertiary/aromatic N) is 2. The van der Waals surface area contributed by atoms with Crippen molar-refractivity contribution in [1.82, 2.24) is 15.1 Å². The summed E-state index contributed by atoms with van der Waals surface area (Å²) in [5.74, 6) is 0.257. The quantitative estimate of drug-likeness (QED) is 0.618. The summed E-state index contributed by atoms with van der Waals surface area (Å²) in [4.78, 5) is 17.3. The molecule has 0 bridgehead atoms. The van der Waals surface area contributed by atoms with Crippen molar-refractivity contribution in [3.05, 3.63) is 76.9 Å². The summed E-state index contributed by atoms with van der Waals surface area (Å²) in [6.45, 7) is 6.28. The van der Waals surface area contributed by atoms with Gasteiger partial charge in [0.25, 0.3) is 0 Å². The van der Waals surface area contributed by atoms with E-state index in [-0.39, 0.29) is 36.7 Å². The van der Waals surface area contributed by atoms with Crippen LogP contribution in [0.4, 0.5) is 0 Å². The molecule has 0 radical (unpaired) electrons. The number of hydrogen-bond acceptors (Lipinski definition) is 5. The number of hydrogen-bond donors (Lipinski definition) is 2. The number of benzene rings is 2. The molecule has 2 aliphatic rings. The van der Waals surface area contributed by atoms with Crippen molar-refractivity contribution < 1.29 is 9.53 Å². The van der Waals surface area contributed by atoms with Crippen molar-refractivity contribution in [1.29, 1.82) is 0 Å². The Morgan fingerprint density at radius 1 is 1.18 bits per heavy atom. The average molecular weight is 469 g/mol. The summed E-state index contributed by atoms with van der Waals surface area (Å²) in [5.41, 5.74) is 9.02. The normalized spacial score (nSPS) is 21.8. The molecule has 1 fully saturated rings. The SMILES string of the molecule is CC(C)C(C1NC(c2cccc(Cl)c2)=CN1Cc1ccccc1)N1CC(CCN)OCC1=O. The number of nitrogens with one attached hydrogen (secondary N) is 1. The van der Waals surface area contributed by atoms with Crippen molar-refractivity contribution >= 4 is 23.2 Å². The van der Waals surface area contributed by atoms with Gasteiger partial charge in [-0.05, 0) is 36.6 Å². The third-order valence-corrected chi connectivity index (χ3v) is 6.55. The summed E-state index contributed by atoms with van der Waals surface area (Å²) in [7, 11) is 0. The minimum absolute atomic E-state index is 0.0274. The van der Waals surface area contributed by atoms with Crippen LogP contribution in [0.25, 0.3) is 5.70 Å². The third kappa shape index (κ3) is 5.52. The van der Waals surface area contributed by atoms with Gasteiger partial charge in [0.15, 0.2) is 0 Å². The molecule has 3 N–H and O–H groups in total. The van der Waals surface area contributed by atoms with Crippen molar-refractivity contribution in [2.45, 2.75) is 45.1 Å². The van der Waals surface area contributed by atoms with Crippen molar-refractivity contribution in [2.75, 3.05) is 19.7 Å². The van der Waals surface area contributed by atoms with Gasteiger partial charge in [-0.25, -0.2) is 0 Å². The van der Waals surface area contributed by atoms with E-state index in [1.165, 1.54) is 5.56 Å². The first kappa shape index (κ1) is 23.6. The summed E-state index contributed by atoms with van der Waals surface area (Å²) < 4.78 is 5.75. The molecule has 7 heteroatoms. The number of halogens is 1. The molecule has 0 aliphatic carbocycles. The average Bonchev–Trinajstić information content (AvgIpc) is 3.20. The molecule has 6 nitrogen and oxygen atoms in total. The van der Waals surface area contributed by atoms with E-state index in [0.29, 0.717) is 18.1 Å². The van der Waals surface area contributed by atoms with Crippen LogP contribution in [-0.4, -0.2) is 53.7 Å². The lowest BCUT2D eigenvalue weighted by atomic mass is 9.96. The van der Waals surface area contributed by atoms with Gasteiger partial charge in [-0.3, -0.25) is 4.79 Å². The van der Waals surface area contributed by atoms with E-state index in [0.717, 1.165) is 24.2 Å². The van der Waals surface area contributed by atoms with Crippen LogP contribution in [0, 0.1) is 5.92 Å². The number of nitrogens with two attached hydrogens (primary N) is 1. The van der Waals surface area contributed by atoms with E-state index < -0.39 is 0 Å². The zero-order valence-corrected chi connectivity index (χ0v) is 20.0. The first-order valence-electron chi connectivity index (χ1n) is 11.6. The van der Waals surface area contributed by atoms with Gasteiger partial charge in [-0.2, -0.15) is 0 Å². The van der Waals surface area contributed by atoms with Crippen molar-refractivity contribution in [3.63, 3.8) is 0 Å². The van der Waals surface area contributed by atoms with Crippen LogP contribution >= 0.6 is 11.6 Å². The van der Waals surface area contributed by atoms with E-state index in [1.807, 2.05) is 29.2 Å². The topological polar surface area (TPSA) is 70.8 Å². The summed E-state index contributed by atoms with van der Waals surface area (Å²) in [6, 6.07) is 18.2. The fourth-order valence-electron chi connectivity index (χ4n) is 4.75. The Hall–Kier alpha value is -2.54. The number of ether oxygens (including phenoxy) is 1. The lowest BCUT2D eigenvalue weighted by Gasteiger charge is -2.45. The molecule has 33 heavy (non-hydrogen) atoms. The molecule has 3 unspecified atom stereocenters. The molecule has 1 amide bonds. The Morgan fingerprint density at radius 3 is 2.67 bits per heavy atom. The molecule has 3 atom stereocenters. The predicted molar refractivity (Wildman–Crippen MR) is 132 cm³/mol. The van der Waals surface area contributed by atoms with Crippen LogP contribution in [-0.2, 0) is 16.1 Å². The maximum absolute atomic E-state index is 13.0. The Kier molecular flexibility index (Phi) is 7.58. The minimum Gasteiger partial charge on any atom is -0.367 e.